The number of aromatic nitrogens is 4. The van der Waals surface area contributed by atoms with Crippen molar-refractivity contribution in [3.05, 3.63) is 29.0 Å². The van der Waals surface area contributed by atoms with Gasteiger partial charge < -0.3 is 9.80 Å². The Labute approximate surface area is 148 Å². The van der Waals surface area contributed by atoms with Crippen molar-refractivity contribution in [2.75, 3.05) is 29.5 Å². The van der Waals surface area contributed by atoms with E-state index in [4.69, 9.17) is 0 Å². The minimum Gasteiger partial charge on any atom is -0.333 e. The number of aryl methyl sites for hydroxylation is 1. The smallest absolute Gasteiger partial charge is 0.267 e. The SMILES string of the molecule is Cc1nnsc1C(=O)N1CCN(c2ncccn2)[C@H]2CS(=O)(=O)C[C@H]21. The van der Waals surface area contributed by atoms with Crippen LogP contribution < -0.4 is 4.90 Å². The van der Waals surface area contributed by atoms with Crippen LogP contribution in [0.4, 0.5) is 5.95 Å². The maximum Gasteiger partial charge on any atom is 0.267 e. The van der Waals surface area contributed by atoms with Gasteiger partial charge in [-0.15, -0.1) is 5.10 Å². The van der Waals surface area contributed by atoms with Gasteiger partial charge in [0.15, 0.2) is 9.84 Å². The van der Waals surface area contributed by atoms with Crippen LogP contribution >= 0.6 is 11.5 Å². The predicted octanol–water partition coefficient (Wildman–Crippen LogP) is -0.235. The molecule has 0 spiro atoms. The largest absolute Gasteiger partial charge is 0.333 e. The third-order valence-corrected chi connectivity index (χ3v) is 7.11. The molecule has 2 aromatic rings. The molecule has 0 saturated carbocycles. The lowest BCUT2D eigenvalue weighted by Crippen LogP contribution is -2.61. The Kier molecular flexibility index (Phi) is 3.91. The highest BCUT2D eigenvalue weighted by molar-refractivity contribution is 7.91. The first-order valence-electron chi connectivity index (χ1n) is 7.80. The number of nitrogens with zero attached hydrogens (tertiary/aromatic N) is 6. The first kappa shape index (κ1) is 16.3. The zero-order valence-electron chi connectivity index (χ0n) is 13.4. The van der Waals surface area contributed by atoms with Gasteiger partial charge in [-0.1, -0.05) is 4.49 Å². The summed E-state index contributed by atoms with van der Waals surface area (Å²) in [6, 6.07) is 0.953. The van der Waals surface area contributed by atoms with E-state index in [1.807, 2.05) is 4.90 Å². The average Bonchev–Trinajstić information content (AvgIpc) is 3.15. The maximum absolute atomic E-state index is 12.9. The molecule has 0 N–H and O–H groups in total. The molecule has 2 atom stereocenters. The second-order valence-corrected chi connectivity index (χ2v) is 9.05. The molecule has 0 unspecified atom stereocenters. The van der Waals surface area contributed by atoms with Crippen LogP contribution in [0.25, 0.3) is 0 Å². The highest BCUT2D eigenvalue weighted by atomic mass is 32.2. The molecule has 2 fully saturated rings. The molecular weight excluding hydrogens is 364 g/mol. The summed E-state index contributed by atoms with van der Waals surface area (Å²) in [6.45, 7) is 2.62. The summed E-state index contributed by atoms with van der Waals surface area (Å²) in [6.07, 6.45) is 3.26. The summed E-state index contributed by atoms with van der Waals surface area (Å²) in [5, 5.41) is 3.88. The molecule has 2 aromatic heterocycles. The first-order chi connectivity index (χ1) is 12.0. The lowest BCUT2D eigenvalue weighted by atomic mass is 10.0. The lowest BCUT2D eigenvalue weighted by Gasteiger charge is -2.43. The number of hydrogen-bond donors (Lipinski definition) is 0. The third kappa shape index (κ3) is 2.86. The fraction of sp³-hybridized carbons (Fsp3) is 0.500. The molecule has 11 heteroatoms. The first-order valence-corrected chi connectivity index (χ1v) is 10.4. The minimum atomic E-state index is -3.23. The van der Waals surface area contributed by atoms with E-state index in [1.54, 1.807) is 30.3 Å². The highest BCUT2D eigenvalue weighted by Crippen LogP contribution is 2.30. The van der Waals surface area contributed by atoms with Crippen molar-refractivity contribution in [1.82, 2.24) is 24.5 Å². The second-order valence-electron chi connectivity index (χ2n) is 6.14. The van der Waals surface area contributed by atoms with Crippen molar-refractivity contribution < 1.29 is 13.2 Å². The molecule has 1 amide bonds. The number of piperazine rings is 1. The number of carbonyl (C=O) groups is 1. The number of rotatable bonds is 2. The van der Waals surface area contributed by atoms with Crippen molar-refractivity contribution in [3.63, 3.8) is 0 Å². The maximum atomic E-state index is 12.9. The molecular formula is C14H16N6O3S2. The Morgan fingerprint density at radius 2 is 1.92 bits per heavy atom. The molecule has 25 heavy (non-hydrogen) atoms. The molecule has 2 saturated heterocycles. The van der Waals surface area contributed by atoms with Crippen molar-refractivity contribution in [3.8, 4) is 0 Å². The van der Waals surface area contributed by atoms with E-state index in [2.05, 4.69) is 19.6 Å². The summed E-state index contributed by atoms with van der Waals surface area (Å²) in [7, 11) is -3.23. The number of fused-ring (bicyclic) bond motifs is 1. The number of hydrogen-bond acceptors (Lipinski definition) is 9. The van der Waals surface area contributed by atoms with Crippen molar-refractivity contribution in [2.24, 2.45) is 0 Å². The molecule has 2 aliphatic heterocycles. The van der Waals surface area contributed by atoms with Crippen molar-refractivity contribution in [1.29, 1.82) is 0 Å². The van der Waals surface area contributed by atoms with Crippen molar-refractivity contribution >= 4 is 33.2 Å². The topological polar surface area (TPSA) is 109 Å². The third-order valence-electron chi connectivity index (χ3n) is 4.59. The second kappa shape index (κ2) is 5.99. The molecule has 0 bridgehead atoms. The highest BCUT2D eigenvalue weighted by Gasteiger charge is 2.49. The predicted molar refractivity (Wildman–Crippen MR) is 91.3 cm³/mol. The van der Waals surface area contributed by atoms with Gasteiger partial charge in [0.25, 0.3) is 5.91 Å². The van der Waals surface area contributed by atoms with E-state index in [1.165, 1.54) is 0 Å². The molecule has 0 aromatic carbocycles. The van der Waals surface area contributed by atoms with Gasteiger partial charge >= 0.3 is 0 Å². The summed E-state index contributed by atoms with van der Waals surface area (Å²) in [4.78, 5) is 25.4. The Balaban J connectivity index is 1.67. The van der Waals surface area contributed by atoms with Crippen LogP contribution in [0, 0.1) is 6.92 Å². The number of carbonyl (C=O) groups excluding carboxylic acids is 1. The number of sulfone groups is 1. The van der Waals surface area contributed by atoms with Gasteiger partial charge in [-0.25, -0.2) is 18.4 Å². The average molecular weight is 380 g/mol. The van der Waals surface area contributed by atoms with Crippen LogP contribution in [0.5, 0.6) is 0 Å². The van der Waals surface area contributed by atoms with Gasteiger partial charge in [-0.05, 0) is 24.5 Å². The van der Waals surface area contributed by atoms with Crippen LogP contribution in [-0.4, -0.2) is 75.5 Å². The number of anilines is 1. The molecule has 4 rings (SSSR count). The lowest BCUT2D eigenvalue weighted by molar-refractivity contribution is 0.0652. The van der Waals surface area contributed by atoms with Crippen LogP contribution in [0.15, 0.2) is 18.5 Å². The quantitative estimate of drug-likeness (QED) is 0.702. The number of amides is 1. The summed E-state index contributed by atoms with van der Waals surface area (Å²) >= 11 is 1.04. The van der Waals surface area contributed by atoms with Crippen LogP contribution in [0.2, 0.25) is 0 Å². The van der Waals surface area contributed by atoms with Crippen molar-refractivity contribution in [2.45, 2.75) is 19.0 Å². The molecule has 132 valence electrons. The van der Waals surface area contributed by atoms with Crippen LogP contribution in [0.3, 0.4) is 0 Å². The summed E-state index contributed by atoms with van der Waals surface area (Å²) in [5.74, 6) is 0.253. The molecule has 9 nitrogen and oxygen atoms in total. The van der Waals surface area contributed by atoms with E-state index in [0.29, 0.717) is 29.6 Å². The Bertz CT molecular complexity index is 900. The normalized spacial score (nSPS) is 25.0. The molecule has 0 radical (unpaired) electrons. The fourth-order valence-corrected chi connectivity index (χ4v) is 6.05. The molecule has 4 heterocycles. The van der Waals surface area contributed by atoms with Gasteiger partial charge in [0.1, 0.15) is 4.88 Å². The monoisotopic (exact) mass is 380 g/mol. The van der Waals surface area contributed by atoms with E-state index >= 15 is 0 Å². The Morgan fingerprint density at radius 3 is 2.60 bits per heavy atom. The van der Waals surface area contributed by atoms with Gasteiger partial charge in [0.05, 0.1) is 29.3 Å². The van der Waals surface area contributed by atoms with Gasteiger partial charge in [-0.3, -0.25) is 4.79 Å². The molecule has 0 aliphatic carbocycles. The van der Waals surface area contributed by atoms with Gasteiger partial charge in [0.2, 0.25) is 5.95 Å². The fourth-order valence-electron chi connectivity index (χ4n) is 3.45. The zero-order valence-corrected chi connectivity index (χ0v) is 15.1. The standard InChI is InChI=1S/C14H16N6O3S2/c1-9-12(24-18-17-9)13(21)19-5-6-20(14-15-3-2-4-16-14)11-8-25(22,23)7-10(11)19/h2-4,10-11H,5-8H2,1H3/t10-,11+/m1/s1. The van der Waals surface area contributed by atoms with E-state index in [0.717, 1.165) is 11.5 Å². The Hall–Kier alpha value is -2.14. The van der Waals surface area contributed by atoms with E-state index in [9.17, 15) is 13.2 Å². The van der Waals surface area contributed by atoms with Gasteiger partial charge in [0, 0.05) is 25.5 Å². The molecule has 2 aliphatic rings. The summed E-state index contributed by atoms with van der Waals surface area (Å²) in [5.41, 5.74) is 0.571. The van der Waals surface area contributed by atoms with Crippen LogP contribution in [0.1, 0.15) is 15.4 Å². The Morgan fingerprint density at radius 1 is 1.20 bits per heavy atom. The zero-order chi connectivity index (χ0) is 17.6. The van der Waals surface area contributed by atoms with E-state index in [-0.39, 0.29) is 23.5 Å². The summed E-state index contributed by atoms with van der Waals surface area (Å²) < 4.78 is 28.3. The van der Waals surface area contributed by atoms with E-state index < -0.39 is 15.9 Å². The minimum absolute atomic E-state index is 0.000373. The van der Waals surface area contributed by atoms with Gasteiger partial charge in [-0.2, -0.15) is 0 Å². The van der Waals surface area contributed by atoms with Crippen LogP contribution in [-0.2, 0) is 9.84 Å².